The van der Waals surface area contributed by atoms with Crippen molar-refractivity contribution in [1.82, 2.24) is 35.0 Å². The van der Waals surface area contributed by atoms with Crippen molar-refractivity contribution in [2.45, 2.75) is 6.54 Å². The molecule has 0 aliphatic rings. The van der Waals surface area contributed by atoms with Crippen LogP contribution in [0.5, 0.6) is 0 Å². The number of hydrogen-bond acceptors (Lipinski definition) is 4. The number of fused-ring (bicyclic) bond motifs is 2. The summed E-state index contributed by atoms with van der Waals surface area (Å²) < 4.78 is 3.83. The molecule has 31 heavy (non-hydrogen) atoms. The van der Waals surface area contributed by atoms with Gasteiger partial charge in [0.1, 0.15) is 5.52 Å². The second kappa shape index (κ2) is 7.07. The van der Waals surface area contributed by atoms with E-state index >= 15 is 0 Å². The highest BCUT2D eigenvalue weighted by Crippen LogP contribution is 2.26. The molecule has 7 nitrogen and oxygen atoms in total. The zero-order valence-electron chi connectivity index (χ0n) is 16.3. The molecule has 3 heterocycles. The third-order valence-corrected chi connectivity index (χ3v) is 5.63. The Kier molecular flexibility index (Phi) is 4.07. The van der Waals surface area contributed by atoms with E-state index in [2.05, 4.69) is 37.7 Å². The van der Waals surface area contributed by atoms with Gasteiger partial charge >= 0.3 is 0 Å². The molecule has 0 bridgehead atoms. The van der Waals surface area contributed by atoms with Gasteiger partial charge in [-0.05, 0) is 54.1 Å². The molecule has 6 rings (SSSR count). The smallest absolute Gasteiger partial charge is 0.113 e. The van der Waals surface area contributed by atoms with E-state index < -0.39 is 0 Å². The van der Waals surface area contributed by atoms with Gasteiger partial charge in [0.05, 0.1) is 35.2 Å². The number of nitrogens with one attached hydrogen (secondary N) is 1. The predicted octanol–water partition coefficient (Wildman–Crippen LogP) is 4.86. The molecule has 0 saturated carbocycles. The Balaban J connectivity index is 1.41. The van der Waals surface area contributed by atoms with Crippen molar-refractivity contribution in [3.8, 4) is 16.9 Å². The summed E-state index contributed by atoms with van der Waals surface area (Å²) in [6, 6.07) is 22.0. The molecule has 1 N–H and O–H groups in total. The summed E-state index contributed by atoms with van der Waals surface area (Å²) in [6.45, 7) is 0.658. The van der Waals surface area contributed by atoms with Crippen LogP contribution in [0.25, 0.3) is 38.9 Å². The SMILES string of the molecule is Clc1ccc(Cn2nccc2-c2ccc3nnn(-c4ccc5cn[nH]c5c4)c3c2)cc1. The Bertz CT molecular complexity index is 1520. The monoisotopic (exact) mass is 425 g/mol. The largest absolute Gasteiger partial charge is 0.278 e. The minimum atomic E-state index is 0.658. The maximum atomic E-state index is 6.01. The van der Waals surface area contributed by atoms with Gasteiger partial charge in [-0.3, -0.25) is 9.78 Å². The number of benzene rings is 3. The van der Waals surface area contributed by atoms with E-state index in [1.165, 1.54) is 0 Å². The molecule has 0 aliphatic heterocycles. The molecule has 0 unspecified atom stereocenters. The normalized spacial score (nSPS) is 11.5. The number of nitrogens with zero attached hydrogens (tertiary/aromatic N) is 6. The molecule has 0 atom stereocenters. The van der Waals surface area contributed by atoms with E-state index in [0.29, 0.717) is 6.54 Å². The molecule has 0 spiro atoms. The third-order valence-electron chi connectivity index (χ3n) is 5.37. The van der Waals surface area contributed by atoms with E-state index in [1.807, 2.05) is 70.2 Å². The lowest BCUT2D eigenvalue weighted by atomic mass is 10.1. The highest BCUT2D eigenvalue weighted by Gasteiger charge is 2.12. The van der Waals surface area contributed by atoms with E-state index in [1.54, 1.807) is 6.20 Å². The number of H-pyrrole nitrogens is 1. The van der Waals surface area contributed by atoms with Crippen molar-refractivity contribution >= 4 is 33.5 Å². The topological polar surface area (TPSA) is 77.2 Å². The highest BCUT2D eigenvalue weighted by molar-refractivity contribution is 6.30. The number of aromatic nitrogens is 7. The Labute approximate surface area is 181 Å². The van der Waals surface area contributed by atoms with Crippen molar-refractivity contribution in [2.24, 2.45) is 0 Å². The second-order valence-electron chi connectivity index (χ2n) is 7.35. The molecule has 6 aromatic rings. The summed E-state index contributed by atoms with van der Waals surface area (Å²) in [6.07, 6.45) is 3.62. The fourth-order valence-electron chi connectivity index (χ4n) is 3.79. The summed E-state index contributed by atoms with van der Waals surface area (Å²) in [4.78, 5) is 0. The Morgan fingerprint density at radius 1 is 0.935 bits per heavy atom. The molecule has 0 amide bonds. The first-order valence-corrected chi connectivity index (χ1v) is 10.2. The first kappa shape index (κ1) is 17.9. The van der Waals surface area contributed by atoms with Gasteiger partial charge in [0.2, 0.25) is 0 Å². The van der Waals surface area contributed by atoms with Crippen LogP contribution in [0.15, 0.2) is 79.1 Å². The maximum absolute atomic E-state index is 6.01. The van der Waals surface area contributed by atoms with Crippen LogP contribution in [0.3, 0.4) is 0 Å². The van der Waals surface area contributed by atoms with E-state index in [4.69, 9.17) is 11.6 Å². The lowest BCUT2D eigenvalue weighted by molar-refractivity contribution is 0.694. The Morgan fingerprint density at radius 2 is 1.84 bits per heavy atom. The van der Waals surface area contributed by atoms with Crippen LogP contribution in [0.2, 0.25) is 5.02 Å². The quantitative estimate of drug-likeness (QED) is 0.437. The summed E-state index contributed by atoms with van der Waals surface area (Å²) in [5.41, 5.74) is 6.84. The summed E-state index contributed by atoms with van der Waals surface area (Å²) in [5, 5.41) is 22.1. The highest BCUT2D eigenvalue weighted by atomic mass is 35.5. The molecular weight excluding hydrogens is 410 g/mol. The Hall–Kier alpha value is -3.97. The van der Waals surface area contributed by atoms with Crippen molar-refractivity contribution in [1.29, 1.82) is 0 Å². The lowest BCUT2D eigenvalue weighted by Crippen LogP contribution is -2.03. The van der Waals surface area contributed by atoms with Gasteiger partial charge in [0.25, 0.3) is 0 Å². The van der Waals surface area contributed by atoms with Crippen LogP contribution in [0.1, 0.15) is 5.56 Å². The van der Waals surface area contributed by atoms with Crippen molar-refractivity contribution in [3.05, 3.63) is 89.7 Å². The molecule has 0 saturated heterocycles. The molecule has 3 aromatic heterocycles. The van der Waals surface area contributed by atoms with Gasteiger partial charge in [-0.15, -0.1) is 5.10 Å². The number of aromatic amines is 1. The zero-order chi connectivity index (χ0) is 20.8. The van der Waals surface area contributed by atoms with Crippen molar-refractivity contribution in [3.63, 3.8) is 0 Å². The van der Waals surface area contributed by atoms with Crippen molar-refractivity contribution in [2.75, 3.05) is 0 Å². The third kappa shape index (κ3) is 3.15. The van der Waals surface area contributed by atoms with Crippen LogP contribution in [-0.2, 0) is 6.54 Å². The average Bonchev–Trinajstić information content (AvgIpc) is 3.53. The van der Waals surface area contributed by atoms with Crippen LogP contribution < -0.4 is 0 Å². The molecule has 8 heteroatoms. The van der Waals surface area contributed by atoms with Gasteiger partial charge in [-0.25, -0.2) is 4.68 Å². The number of halogens is 1. The predicted molar refractivity (Wildman–Crippen MR) is 120 cm³/mol. The van der Waals surface area contributed by atoms with Gasteiger partial charge in [0, 0.05) is 22.2 Å². The fraction of sp³-hybridized carbons (Fsp3) is 0.0435. The van der Waals surface area contributed by atoms with Crippen LogP contribution in [0, 0.1) is 0 Å². The van der Waals surface area contributed by atoms with Gasteiger partial charge < -0.3 is 0 Å². The van der Waals surface area contributed by atoms with Gasteiger partial charge in [-0.2, -0.15) is 10.2 Å². The molecule has 150 valence electrons. The first-order valence-electron chi connectivity index (χ1n) is 9.80. The fourth-order valence-corrected chi connectivity index (χ4v) is 3.92. The molecular formula is C23H16ClN7. The van der Waals surface area contributed by atoms with E-state index in [9.17, 15) is 0 Å². The summed E-state index contributed by atoms with van der Waals surface area (Å²) >= 11 is 6.01. The zero-order valence-corrected chi connectivity index (χ0v) is 17.0. The Morgan fingerprint density at radius 3 is 2.74 bits per heavy atom. The summed E-state index contributed by atoms with van der Waals surface area (Å²) in [5.74, 6) is 0. The standard InChI is InChI=1S/C23H16ClN7/c24-18-5-1-15(2-6-18)14-30-22(9-10-26-30)16-4-8-20-23(11-16)31(29-28-20)19-7-3-17-13-25-27-21(17)12-19/h1-13H,14H2,(H,25,27). The number of hydrogen-bond donors (Lipinski definition) is 1. The average molecular weight is 426 g/mol. The second-order valence-corrected chi connectivity index (χ2v) is 7.78. The summed E-state index contributed by atoms with van der Waals surface area (Å²) in [7, 11) is 0. The minimum absolute atomic E-state index is 0.658. The van der Waals surface area contributed by atoms with Crippen LogP contribution in [-0.4, -0.2) is 35.0 Å². The number of rotatable bonds is 4. The maximum Gasteiger partial charge on any atom is 0.113 e. The van der Waals surface area contributed by atoms with Gasteiger partial charge in [0.15, 0.2) is 0 Å². The van der Waals surface area contributed by atoms with Crippen molar-refractivity contribution < 1.29 is 0 Å². The first-order chi connectivity index (χ1) is 15.2. The van der Waals surface area contributed by atoms with Gasteiger partial charge in [-0.1, -0.05) is 35.0 Å². The molecule has 0 fully saturated rings. The molecule has 0 aliphatic carbocycles. The van der Waals surface area contributed by atoms with E-state index in [0.717, 1.165) is 49.5 Å². The molecule has 3 aromatic carbocycles. The van der Waals surface area contributed by atoms with Crippen LogP contribution in [0.4, 0.5) is 0 Å². The minimum Gasteiger partial charge on any atom is -0.278 e. The molecule has 0 radical (unpaired) electrons. The van der Waals surface area contributed by atoms with E-state index in [-0.39, 0.29) is 0 Å². The van der Waals surface area contributed by atoms with Crippen LogP contribution >= 0.6 is 11.6 Å². The lowest BCUT2D eigenvalue weighted by Gasteiger charge is -2.09.